The minimum Gasteiger partial charge on any atom is -0.452 e. The van der Waals surface area contributed by atoms with Crippen molar-refractivity contribution in [1.82, 2.24) is 0 Å². The lowest BCUT2D eigenvalue weighted by molar-refractivity contribution is 0.227. The van der Waals surface area contributed by atoms with E-state index < -0.39 is 0 Å². The summed E-state index contributed by atoms with van der Waals surface area (Å²) in [6.07, 6.45) is 1.32. The molecule has 0 spiro atoms. The van der Waals surface area contributed by atoms with Crippen molar-refractivity contribution in [3.8, 4) is 0 Å². The molecule has 2 aromatic rings. The highest BCUT2D eigenvalue weighted by Crippen LogP contribution is 2.32. The van der Waals surface area contributed by atoms with Crippen LogP contribution in [0.1, 0.15) is 38.1 Å². The third kappa shape index (κ3) is 2.77. The number of para-hydroxylation sites is 1. The molecule has 1 unspecified atom stereocenters. The third-order valence-corrected chi connectivity index (χ3v) is 3.67. The summed E-state index contributed by atoms with van der Waals surface area (Å²) < 4.78 is 5.67. The number of ether oxygens (including phenoxy) is 1. The molecule has 1 heterocycles. The molecular weight excluding hydrogens is 260 g/mol. The van der Waals surface area contributed by atoms with E-state index in [9.17, 15) is 0 Å². The van der Waals surface area contributed by atoms with Crippen molar-refractivity contribution >= 4 is 12.1 Å². The molecule has 1 aliphatic rings. The van der Waals surface area contributed by atoms with Gasteiger partial charge in [0.2, 0.25) is 6.23 Å². The number of hydrazone groups is 1. The second-order valence-electron chi connectivity index (χ2n) is 6.26. The zero-order chi connectivity index (χ0) is 14.9. The van der Waals surface area contributed by atoms with Crippen LogP contribution in [0.5, 0.6) is 0 Å². The van der Waals surface area contributed by atoms with E-state index in [0.717, 1.165) is 11.3 Å². The van der Waals surface area contributed by atoms with Gasteiger partial charge in [-0.3, -0.25) is 0 Å². The molecule has 21 heavy (non-hydrogen) atoms. The highest BCUT2D eigenvalue weighted by molar-refractivity contribution is 5.59. The predicted molar refractivity (Wildman–Crippen MR) is 86.4 cm³/mol. The van der Waals surface area contributed by atoms with Crippen molar-refractivity contribution in [2.24, 2.45) is 5.10 Å². The Balaban J connectivity index is 1.87. The molecule has 3 nitrogen and oxygen atoms in total. The number of benzene rings is 2. The van der Waals surface area contributed by atoms with Crippen LogP contribution in [0.25, 0.3) is 0 Å². The Morgan fingerprint density at radius 1 is 0.952 bits per heavy atom. The van der Waals surface area contributed by atoms with Gasteiger partial charge < -0.3 is 4.74 Å². The Hall–Kier alpha value is -2.29. The maximum Gasteiger partial charge on any atom is 0.219 e. The molecule has 3 heteroatoms. The van der Waals surface area contributed by atoms with E-state index in [-0.39, 0.29) is 11.6 Å². The van der Waals surface area contributed by atoms with Gasteiger partial charge in [-0.1, -0.05) is 63.2 Å². The summed E-state index contributed by atoms with van der Waals surface area (Å²) >= 11 is 0. The number of hydrogen-bond acceptors (Lipinski definition) is 3. The van der Waals surface area contributed by atoms with Crippen LogP contribution in [0, 0.1) is 0 Å². The molecule has 2 aromatic carbocycles. The van der Waals surface area contributed by atoms with E-state index in [4.69, 9.17) is 4.74 Å². The molecule has 0 fully saturated rings. The predicted octanol–water partition coefficient (Wildman–Crippen LogP) is 4.46. The van der Waals surface area contributed by atoms with Crippen LogP contribution in [-0.4, -0.2) is 6.40 Å². The average Bonchev–Trinajstić information content (AvgIpc) is 2.97. The molecule has 0 aromatic heterocycles. The molecule has 108 valence electrons. The van der Waals surface area contributed by atoms with Crippen molar-refractivity contribution in [2.45, 2.75) is 32.4 Å². The Kier molecular flexibility index (Phi) is 3.42. The number of rotatable bonds is 2. The molecule has 0 N–H and O–H groups in total. The number of hydrogen-bond donors (Lipinski definition) is 0. The first-order chi connectivity index (χ1) is 10.1. The van der Waals surface area contributed by atoms with Crippen LogP contribution in [-0.2, 0) is 10.2 Å². The van der Waals surface area contributed by atoms with Gasteiger partial charge in [-0.15, -0.1) is 5.10 Å². The summed E-state index contributed by atoms with van der Waals surface area (Å²) in [4.78, 5) is 0. The van der Waals surface area contributed by atoms with Gasteiger partial charge >= 0.3 is 0 Å². The smallest absolute Gasteiger partial charge is 0.219 e. The Bertz CT molecular complexity index is 627. The lowest BCUT2D eigenvalue weighted by Crippen LogP contribution is -2.20. The number of anilines is 1. The van der Waals surface area contributed by atoms with Gasteiger partial charge in [0.25, 0.3) is 0 Å². The maximum atomic E-state index is 5.67. The molecular formula is C18H20N2O. The van der Waals surface area contributed by atoms with Gasteiger partial charge in [0.1, 0.15) is 0 Å². The van der Waals surface area contributed by atoms with E-state index in [1.807, 2.05) is 35.3 Å². The van der Waals surface area contributed by atoms with Crippen LogP contribution >= 0.6 is 0 Å². The largest absolute Gasteiger partial charge is 0.452 e. The van der Waals surface area contributed by atoms with Gasteiger partial charge in [-0.2, -0.15) is 0 Å². The van der Waals surface area contributed by atoms with Crippen molar-refractivity contribution in [2.75, 3.05) is 5.01 Å². The molecule has 0 bridgehead atoms. The lowest BCUT2D eigenvalue weighted by Gasteiger charge is -2.24. The maximum absolute atomic E-state index is 5.67. The molecule has 0 radical (unpaired) electrons. The van der Waals surface area contributed by atoms with Crippen LogP contribution in [0.2, 0.25) is 0 Å². The summed E-state index contributed by atoms with van der Waals surface area (Å²) in [6, 6.07) is 18.6. The highest BCUT2D eigenvalue weighted by Gasteiger charge is 2.26. The lowest BCUT2D eigenvalue weighted by atomic mass is 9.86. The second kappa shape index (κ2) is 5.24. The van der Waals surface area contributed by atoms with E-state index in [1.165, 1.54) is 12.0 Å². The third-order valence-electron chi connectivity index (χ3n) is 3.67. The van der Waals surface area contributed by atoms with E-state index in [1.54, 1.807) is 0 Å². The minimum absolute atomic E-state index is 0.157. The molecule has 0 saturated heterocycles. The molecule has 0 aliphatic carbocycles. The summed E-state index contributed by atoms with van der Waals surface area (Å²) in [5.74, 6) is 0. The highest BCUT2D eigenvalue weighted by atomic mass is 16.5. The fraction of sp³-hybridized carbons (Fsp3) is 0.278. The van der Waals surface area contributed by atoms with Gasteiger partial charge in [0, 0.05) is 5.56 Å². The van der Waals surface area contributed by atoms with E-state index in [2.05, 4.69) is 50.1 Å². The average molecular weight is 280 g/mol. The standard InChI is InChI=1S/C18H20N2O/c1-18(2,3)15-11-9-14(10-12-15)17-20(19-13-21-17)16-7-5-4-6-8-16/h4-13,17H,1-3H3. The molecule has 0 amide bonds. The molecule has 3 rings (SSSR count). The fourth-order valence-corrected chi connectivity index (χ4v) is 2.40. The molecule has 1 atom stereocenters. The Labute approximate surface area is 125 Å². The monoisotopic (exact) mass is 280 g/mol. The van der Waals surface area contributed by atoms with Crippen LogP contribution in [0.15, 0.2) is 59.7 Å². The SMILES string of the molecule is CC(C)(C)c1ccc(C2OC=NN2c2ccccc2)cc1. The van der Waals surface area contributed by atoms with Crippen molar-refractivity contribution in [1.29, 1.82) is 0 Å². The van der Waals surface area contributed by atoms with Crippen LogP contribution < -0.4 is 5.01 Å². The summed E-state index contributed by atoms with van der Waals surface area (Å²) in [6.45, 7) is 6.65. The first-order valence-corrected chi connectivity index (χ1v) is 7.18. The van der Waals surface area contributed by atoms with Gasteiger partial charge in [-0.05, 0) is 23.1 Å². The number of nitrogens with zero attached hydrogens (tertiary/aromatic N) is 2. The van der Waals surface area contributed by atoms with Crippen molar-refractivity contribution < 1.29 is 4.74 Å². The van der Waals surface area contributed by atoms with Crippen molar-refractivity contribution in [3.63, 3.8) is 0 Å². The first-order valence-electron chi connectivity index (χ1n) is 7.18. The van der Waals surface area contributed by atoms with E-state index in [0.29, 0.717) is 0 Å². The first kappa shape index (κ1) is 13.7. The summed E-state index contributed by atoms with van der Waals surface area (Å²) in [5.41, 5.74) is 3.60. The molecule has 1 aliphatic heterocycles. The second-order valence-corrected chi connectivity index (χ2v) is 6.26. The van der Waals surface area contributed by atoms with Gasteiger partial charge in [0.05, 0.1) is 5.69 Å². The summed E-state index contributed by atoms with van der Waals surface area (Å²) in [5, 5.41) is 6.22. The molecule has 0 saturated carbocycles. The van der Waals surface area contributed by atoms with E-state index >= 15 is 0 Å². The topological polar surface area (TPSA) is 24.8 Å². The van der Waals surface area contributed by atoms with Gasteiger partial charge in [0.15, 0.2) is 6.40 Å². The zero-order valence-corrected chi connectivity index (χ0v) is 12.7. The van der Waals surface area contributed by atoms with Crippen LogP contribution in [0.4, 0.5) is 5.69 Å². The normalized spacial score (nSPS) is 17.9. The Morgan fingerprint density at radius 2 is 1.62 bits per heavy atom. The minimum atomic E-state index is -0.193. The zero-order valence-electron chi connectivity index (χ0n) is 12.7. The summed E-state index contributed by atoms with van der Waals surface area (Å²) in [7, 11) is 0. The fourth-order valence-electron chi connectivity index (χ4n) is 2.40. The van der Waals surface area contributed by atoms with Gasteiger partial charge in [-0.25, -0.2) is 5.01 Å². The Morgan fingerprint density at radius 3 is 2.24 bits per heavy atom. The quantitative estimate of drug-likeness (QED) is 0.811. The van der Waals surface area contributed by atoms with Crippen LogP contribution in [0.3, 0.4) is 0 Å². The van der Waals surface area contributed by atoms with Crippen molar-refractivity contribution in [3.05, 3.63) is 65.7 Å².